The maximum atomic E-state index is 14.6. The third-order valence-electron chi connectivity index (χ3n) is 3.40. The van der Waals surface area contributed by atoms with E-state index in [0.717, 1.165) is 0 Å². The molecular weight excluding hydrogens is 361 g/mol. The van der Waals surface area contributed by atoms with Crippen molar-refractivity contribution in [1.82, 2.24) is 5.32 Å². The summed E-state index contributed by atoms with van der Waals surface area (Å²) in [4.78, 5) is 25.0. The lowest BCUT2D eigenvalue weighted by Crippen LogP contribution is -2.64. The van der Waals surface area contributed by atoms with Gasteiger partial charge in [0, 0.05) is 5.56 Å². The smallest absolute Gasteiger partial charge is 0.251 e. The number of anilines is 1. The Labute approximate surface area is 134 Å². The molecule has 0 bridgehead atoms. The molecule has 1 aliphatic rings. The molecule has 112 valence electrons. The van der Waals surface area contributed by atoms with Crippen LogP contribution in [0, 0.1) is 5.82 Å². The molecule has 1 aromatic rings. The zero-order chi connectivity index (χ0) is 15.9. The minimum atomic E-state index is -1.06. The Kier molecular flexibility index (Phi) is 4.03. The van der Waals surface area contributed by atoms with E-state index in [9.17, 15) is 14.0 Å². The summed E-state index contributed by atoms with van der Waals surface area (Å²) in [6.07, 6.45) is 0. The van der Waals surface area contributed by atoms with Gasteiger partial charge in [0.15, 0.2) is 5.82 Å². The van der Waals surface area contributed by atoms with Crippen LogP contribution in [0.1, 0.15) is 19.4 Å². The SMILES string of the molecule is CC1(C)C(=O)NC(=O)CN1c1ccc(C(N)=S)c(Br)c1F. The van der Waals surface area contributed by atoms with Gasteiger partial charge in [-0.3, -0.25) is 14.9 Å². The number of nitrogens with zero attached hydrogens (tertiary/aromatic N) is 1. The number of hydrogen-bond acceptors (Lipinski definition) is 4. The molecule has 0 radical (unpaired) electrons. The molecule has 21 heavy (non-hydrogen) atoms. The number of imide groups is 1. The second-order valence-electron chi connectivity index (χ2n) is 5.15. The van der Waals surface area contributed by atoms with E-state index in [1.165, 1.54) is 11.0 Å². The summed E-state index contributed by atoms with van der Waals surface area (Å²) in [6.45, 7) is 3.11. The fourth-order valence-electron chi connectivity index (χ4n) is 2.11. The van der Waals surface area contributed by atoms with Crippen molar-refractivity contribution in [1.29, 1.82) is 0 Å². The zero-order valence-electron chi connectivity index (χ0n) is 11.4. The standard InChI is InChI=1S/C13H13BrFN3O2S/c1-13(2)12(20)17-8(19)5-18(13)7-4-3-6(11(16)21)9(14)10(7)15/h3-4H,5H2,1-2H3,(H2,16,21)(H,17,19,20). The molecule has 1 fully saturated rings. The second kappa shape index (κ2) is 5.34. The number of amides is 2. The number of hydrogen-bond donors (Lipinski definition) is 2. The first-order valence-electron chi connectivity index (χ1n) is 6.06. The van der Waals surface area contributed by atoms with E-state index in [1.54, 1.807) is 19.9 Å². The normalized spacial score (nSPS) is 17.6. The van der Waals surface area contributed by atoms with Crippen molar-refractivity contribution in [3.63, 3.8) is 0 Å². The quantitative estimate of drug-likeness (QED) is 0.606. The molecule has 0 aliphatic carbocycles. The van der Waals surface area contributed by atoms with Crippen LogP contribution in [-0.2, 0) is 9.59 Å². The molecule has 3 N–H and O–H groups in total. The Morgan fingerprint density at radius 2 is 2.10 bits per heavy atom. The maximum absolute atomic E-state index is 14.6. The number of rotatable bonds is 2. The number of nitrogens with one attached hydrogen (secondary N) is 1. The Morgan fingerprint density at radius 3 is 2.67 bits per heavy atom. The summed E-state index contributed by atoms with van der Waals surface area (Å²) in [5.41, 5.74) is 4.95. The van der Waals surface area contributed by atoms with E-state index in [1.807, 2.05) is 0 Å². The first-order chi connectivity index (χ1) is 9.66. The van der Waals surface area contributed by atoms with Crippen LogP contribution in [0.15, 0.2) is 16.6 Å². The van der Waals surface area contributed by atoms with E-state index in [-0.39, 0.29) is 21.7 Å². The lowest BCUT2D eigenvalue weighted by atomic mass is 9.97. The van der Waals surface area contributed by atoms with Gasteiger partial charge in [-0.25, -0.2) is 4.39 Å². The highest BCUT2D eigenvalue weighted by molar-refractivity contribution is 9.10. The Balaban J connectivity index is 2.55. The average molecular weight is 374 g/mol. The zero-order valence-corrected chi connectivity index (χ0v) is 13.8. The van der Waals surface area contributed by atoms with Gasteiger partial charge in [-0.1, -0.05) is 12.2 Å². The van der Waals surface area contributed by atoms with E-state index >= 15 is 0 Å². The molecule has 0 atom stereocenters. The van der Waals surface area contributed by atoms with E-state index in [2.05, 4.69) is 21.2 Å². The summed E-state index contributed by atoms with van der Waals surface area (Å²) < 4.78 is 14.7. The number of nitrogens with two attached hydrogens (primary N) is 1. The topological polar surface area (TPSA) is 75.4 Å². The predicted octanol–water partition coefficient (Wildman–Crippen LogP) is 1.46. The number of carbonyl (C=O) groups is 2. The van der Waals surface area contributed by atoms with Crippen LogP contribution >= 0.6 is 28.1 Å². The van der Waals surface area contributed by atoms with Crippen LogP contribution in [0.5, 0.6) is 0 Å². The number of carbonyl (C=O) groups excluding carboxylic acids is 2. The predicted molar refractivity (Wildman–Crippen MR) is 84.6 cm³/mol. The average Bonchev–Trinajstić information content (AvgIpc) is 2.37. The van der Waals surface area contributed by atoms with Gasteiger partial charge in [0.05, 0.1) is 16.7 Å². The molecule has 1 aliphatic heterocycles. The van der Waals surface area contributed by atoms with Crippen LogP contribution in [0.2, 0.25) is 0 Å². The molecule has 0 spiro atoms. The fourth-order valence-corrected chi connectivity index (χ4v) is 2.96. The second-order valence-corrected chi connectivity index (χ2v) is 6.38. The number of halogens is 2. The van der Waals surface area contributed by atoms with E-state index in [0.29, 0.717) is 5.56 Å². The number of benzene rings is 1. The van der Waals surface area contributed by atoms with Crippen LogP contribution in [-0.4, -0.2) is 28.9 Å². The molecule has 1 saturated heterocycles. The molecule has 5 nitrogen and oxygen atoms in total. The molecule has 0 unspecified atom stereocenters. The highest BCUT2D eigenvalue weighted by Crippen LogP contribution is 2.34. The van der Waals surface area contributed by atoms with Crippen LogP contribution in [0.25, 0.3) is 0 Å². The highest BCUT2D eigenvalue weighted by Gasteiger charge is 2.42. The van der Waals surface area contributed by atoms with E-state index in [4.69, 9.17) is 18.0 Å². The van der Waals surface area contributed by atoms with Crippen molar-refractivity contribution in [3.8, 4) is 0 Å². The minimum absolute atomic E-state index is 0.0547. The molecule has 1 aromatic carbocycles. The van der Waals surface area contributed by atoms with Gasteiger partial charge in [0.25, 0.3) is 5.91 Å². The number of thiocarbonyl (C=S) groups is 1. The third-order valence-corrected chi connectivity index (χ3v) is 4.40. The lowest BCUT2D eigenvalue weighted by molar-refractivity contribution is -0.135. The van der Waals surface area contributed by atoms with Gasteiger partial charge in [-0.05, 0) is 41.9 Å². The maximum Gasteiger partial charge on any atom is 0.251 e. The largest absolute Gasteiger partial charge is 0.389 e. The van der Waals surface area contributed by atoms with Crippen LogP contribution in [0.3, 0.4) is 0 Å². The van der Waals surface area contributed by atoms with Gasteiger partial charge < -0.3 is 10.6 Å². The van der Waals surface area contributed by atoms with Crippen LogP contribution in [0.4, 0.5) is 10.1 Å². The van der Waals surface area contributed by atoms with Gasteiger partial charge in [-0.15, -0.1) is 0 Å². The van der Waals surface area contributed by atoms with Crippen molar-refractivity contribution in [2.45, 2.75) is 19.4 Å². The fraction of sp³-hybridized carbons (Fsp3) is 0.308. The number of piperazine rings is 1. The first-order valence-corrected chi connectivity index (χ1v) is 7.26. The highest BCUT2D eigenvalue weighted by atomic mass is 79.9. The minimum Gasteiger partial charge on any atom is -0.389 e. The molecule has 2 amide bonds. The molecule has 0 aromatic heterocycles. The molecular formula is C13H13BrFN3O2S. The van der Waals surface area contributed by atoms with Crippen molar-refractivity contribution in [2.24, 2.45) is 5.73 Å². The first kappa shape index (κ1) is 15.8. The van der Waals surface area contributed by atoms with E-state index < -0.39 is 23.2 Å². The Bertz CT molecular complexity index is 663. The molecule has 1 heterocycles. The van der Waals surface area contributed by atoms with Crippen molar-refractivity contribution >= 4 is 50.6 Å². The van der Waals surface area contributed by atoms with Gasteiger partial charge in [0.1, 0.15) is 10.5 Å². The molecule has 8 heteroatoms. The van der Waals surface area contributed by atoms with Gasteiger partial charge in [-0.2, -0.15) is 0 Å². The monoisotopic (exact) mass is 373 g/mol. The Morgan fingerprint density at radius 1 is 1.48 bits per heavy atom. The van der Waals surface area contributed by atoms with Crippen LogP contribution < -0.4 is 16.0 Å². The summed E-state index contributed by atoms with van der Waals surface area (Å²) in [5, 5.41) is 2.24. The lowest BCUT2D eigenvalue weighted by Gasteiger charge is -2.42. The molecule has 0 saturated carbocycles. The Hall–Kier alpha value is -1.54. The van der Waals surface area contributed by atoms with Crippen molar-refractivity contribution < 1.29 is 14.0 Å². The van der Waals surface area contributed by atoms with Crippen molar-refractivity contribution in [3.05, 3.63) is 28.0 Å². The summed E-state index contributed by atoms with van der Waals surface area (Å²) in [6, 6.07) is 3.01. The van der Waals surface area contributed by atoms with Gasteiger partial charge >= 0.3 is 0 Å². The third kappa shape index (κ3) is 2.65. The summed E-state index contributed by atoms with van der Waals surface area (Å²) in [7, 11) is 0. The summed E-state index contributed by atoms with van der Waals surface area (Å²) in [5.74, 6) is -1.57. The summed E-state index contributed by atoms with van der Waals surface area (Å²) >= 11 is 7.95. The van der Waals surface area contributed by atoms with Crippen molar-refractivity contribution in [2.75, 3.05) is 11.4 Å². The van der Waals surface area contributed by atoms with Gasteiger partial charge in [0.2, 0.25) is 5.91 Å². The molecule has 2 rings (SSSR count).